The second kappa shape index (κ2) is 5.90. The van der Waals surface area contributed by atoms with Crippen LogP contribution in [0, 0.1) is 15.5 Å². The summed E-state index contributed by atoms with van der Waals surface area (Å²) in [5.41, 5.74) is 0.662. The predicted octanol–water partition coefficient (Wildman–Crippen LogP) is 2.86. The summed E-state index contributed by atoms with van der Waals surface area (Å²) in [7, 11) is 3.05. The van der Waals surface area contributed by atoms with E-state index >= 15 is 0 Å². The molecular weight excluding hydrogens is 260 g/mol. The van der Waals surface area contributed by atoms with E-state index in [4.69, 9.17) is 0 Å². The lowest BCUT2D eigenvalue weighted by atomic mass is 9.96. The van der Waals surface area contributed by atoms with E-state index < -0.39 is 10.9 Å². The van der Waals surface area contributed by atoms with Gasteiger partial charge in [-0.2, -0.15) is 0 Å². The topological polar surface area (TPSA) is 72.7 Å². The van der Waals surface area contributed by atoms with E-state index in [1.165, 1.54) is 25.3 Å². The highest BCUT2D eigenvalue weighted by Crippen LogP contribution is 2.30. The van der Waals surface area contributed by atoms with Crippen LogP contribution in [0.1, 0.15) is 31.1 Å². The van der Waals surface area contributed by atoms with Crippen molar-refractivity contribution in [3.63, 3.8) is 0 Å². The van der Waals surface area contributed by atoms with Gasteiger partial charge in [0, 0.05) is 19.7 Å². The van der Waals surface area contributed by atoms with Gasteiger partial charge in [-0.3, -0.25) is 10.1 Å². The lowest BCUT2D eigenvalue weighted by Crippen LogP contribution is -2.29. The summed E-state index contributed by atoms with van der Waals surface area (Å²) in [6, 6.07) is 4.23. The first-order valence-corrected chi connectivity index (χ1v) is 6.23. The number of hydrogen-bond donors (Lipinski definition) is 0. The smallest absolute Gasteiger partial charge is 0.337 e. The number of anilines is 1. The van der Waals surface area contributed by atoms with Gasteiger partial charge < -0.3 is 9.64 Å². The molecule has 0 unspecified atom stereocenters. The Morgan fingerprint density at radius 1 is 1.40 bits per heavy atom. The number of carbonyl (C=O) groups is 1. The third kappa shape index (κ3) is 3.94. The number of carbonyl (C=O) groups excluding carboxylic acids is 1. The lowest BCUT2D eigenvalue weighted by Gasteiger charge is -2.28. The molecule has 0 saturated carbocycles. The minimum atomic E-state index is -0.509. The van der Waals surface area contributed by atoms with Crippen LogP contribution < -0.4 is 4.90 Å². The van der Waals surface area contributed by atoms with Crippen molar-refractivity contribution >= 4 is 17.3 Å². The summed E-state index contributed by atoms with van der Waals surface area (Å²) in [4.78, 5) is 24.0. The van der Waals surface area contributed by atoms with Crippen molar-refractivity contribution in [2.75, 3.05) is 25.6 Å². The SMILES string of the molecule is COC(=O)c1ccc([N+](=O)[O-])c(N(C)CC(C)(C)C)c1. The Morgan fingerprint density at radius 3 is 2.45 bits per heavy atom. The summed E-state index contributed by atoms with van der Waals surface area (Å²) in [6.07, 6.45) is 0. The van der Waals surface area contributed by atoms with E-state index in [9.17, 15) is 14.9 Å². The first-order valence-electron chi connectivity index (χ1n) is 6.23. The number of ether oxygens (including phenoxy) is 1. The average Bonchev–Trinajstić information content (AvgIpc) is 2.34. The zero-order valence-corrected chi connectivity index (χ0v) is 12.5. The van der Waals surface area contributed by atoms with E-state index in [2.05, 4.69) is 4.74 Å². The molecule has 110 valence electrons. The number of benzene rings is 1. The van der Waals surface area contributed by atoms with Gasteiger partial charge in [0.15, 0.2) is 0 Å². The van der Waals surface area contributed by atoms with Crippen molar-refractivity contribution in [1.29, 1.82) is 0 Å². The molecule has 0 bridgehead atoms. The van der Waals surface area contributed by atoms with Crippen LogP contribution in [0.4, 0.5) is 11.4 Å². The maximum atomic E-state index is 11.5. The van der Waals surface area contributed by atoms with Crippen molar-refractivity contribution < 1.29 is 14.5 Å². The minimum absolute atomic E-state index is 0.0237. The molecule has 0 atom stereocenters. The molecule has 1 aromatic carbocycles. The van der Waals surface area contributed by atoms with Gasteiger partial charge >= 0.3 is 5.97 Å². The normalized spacial score (nSPS) is 11.1. The van der Waals surface area contributed by atoms with Crippen LogP contribution in [0.25, 0.3) is 0 Å². The molecule has 0 aromatic heterocycles. The number of nitro benzene ring substituents is 1. The molecule has 0 N–H and O–H groups in total. The molecule has 1 rings (SSSR count). The highest BCUT2D eigenvalue weighted by atomic mass is 16.6. The molecule has 6 nitrogen and oxygen atoms in total. The fraction of sp³-hybridized carbons (Fsp3) is 0.500. The molecule has 0 heterocycles. The van der Waals surface area contributed by atoms with Crippen molar-refractivity contribution in [2.45, 2.75) is 20.8 Å². The van der Waals surface area contributed by atoms with Crippen molar-refractivity contribution in [2.24, 2.45) is 5.41 Å². The Labute approximate surface area is 118 Å². The summed E-state index contributed by atoms with van der Waals surface area (Å²) in [5.74, 6) is -0.509. The predicted molar refractivity (Wildman–Crippen MR) is 77.2 cm³/mol. The number of hydrogen-bond acceptors (Lipinski definition) is 5. The van der Waals surface area contributed by atoms with Crippen LogP contribution in [0.3, 0.4) is 0 Å². The minimum Gasteiger partial charge on any atom is -0.465 e. The average molecular weight is 280 g/mol. The second-order valence-electron chi connectivity index (χ2n) is 5.87. The number of nitro groups is 1. The third-order valence-corrected chi connectivity index (χ3v) is 2.72. The van der Waals surface area contributed by atoms with Crippen molar-refractivity contribution in [1.82, 2.24) is 0 Å². The Morgan fingerprint density at radius 2 is 2.00 bits per heavy atom. The first-order chi connectivity index (χ1) is 9.15. The quantitative estimate of drug-likeness (QED) is 0.481. The van der Waals surface area contributed by atoms with Crippen LogP contribution in [-0.4, -0.2) is 31.6 Å². The van der Waals surface area contributed by atoms with Gasteiger partial charge in [0.25, 0.3) is 5.69 Å². The first kappa shape index (κ1) is 15.9. The van der Waals surface area contributed by atoms with E-state index in [1.54, 1.807) is 11.9 Å². The molecule has 0 fully saturated rings. The summed E-state index contributed by atoms with van der Waals surface area (Å²) in [6.45, 7) is 6.75. The number of esters is 1. The van der Waals surface area contributed by atoms with Crippen LogP contribution >= 0.6 is 0 Å². The van der Waals surface area contributed by atoms with E-state index in [-0.39, 0.29) is 11.1 Å². The number of methoxy groups -OCH3 is 1. The van der Waals surface area contributed by atoms with Crippen LogP contribution in [0.5, 0.6) is 0 Å². The van der Waals surface area contributed by atoms with E-state index in [1.807, 2.05) is 20.8 Å². The Kier molecular flexibility index (Phi) is 4.70. The van der Waals surface area contributed by atoms with Gasteiger partial charge in [-0.15, -0.1) is 0 Å². The van der Waals surface area contributed by atoms with Crippen LogP contribution in [0.2, 0.25) is 0 Å². The number of rotatable bonds is 4. The molecule has 20 heavy (non-hydrogen) atoms. The van der Waals surface area contributed by atoms with Gasteiger partial charge in [0.2, 0.25) is 0 Å². The van der Waals surface area contributed by atoms with Crippen molar-refractivity contribution in [3.05, 3.63) is 33.9 Å². The third-order valence-electron chi connectivity index (χ3n) is 2.72. The fourth-order valence-electron chi connectivity index (χ4n) is 2.03. The highest BCUT2D eigenvalue weighted by Gasteiger charge is 2.23. The molecule has 0 aliphatic rings. The summed E-state index contributed by atoms with van der Waals surface area (Å²) < 4.78 is 4.64. The molecule has 1 aromatic rings. The Hall–Kier alpha value is -2.11. The van der Waals surface area contributed by atoms with Gasteiger partial charge in [-0.05, 0) is 17.5 Å². The van der Waals surface area contributed by atoms with Crippen LogP contribution in [0.15, 0.2) is 18.2 Å². The van der Waals surface area contributed by atoms with Gasteiger partial charge in [-0.25, -0.2) is 4.79 Å². The van der Waals surface area contributed by atoms with Crippen molar-refractivity contribution in [3.8, 4) is 0 Å². The molecule has 0 aliphatic carbocycles. The molecular formula is C14H20N2O4. The maximum absolute atomic E-state index is 11.5. The molecule has 0 spiro atoms. The standard InChI is InChI=1S/C14H20N2O4/c1-14(2,3)9-15(4)12-8-10(13(17)20-5)6-7-11(12)16(18)19/h6-8H,9H2,1-5H3. The zero-order valence-electron chi connectivity index (χ0n) is 12.5. The molecule has 0 radical (unpaired) electrons. The maximum Gasteiger partial charge on any atom is 0.337 e. The fourth-order valence-corrected chi connectivity index (χ4v) is 2.03. The lowest BCUT2D eigenvalue weighted by molar-refractivity contribution is -0.384. The molecule has 0 amide bonds. The molecule has 0 saturated heterocycles. The summed E-state index contributed by atoms with van der Waals surface area (Å²) >= 11 is 0. The zero-order chi connectivity index (χ0) is 15.5. The summed E-state index contributed by atoms with van der Waals surface area (Å²) in [5, 5.41) is 11.1. The second-order valence-corrected chi connectivity index (χ2v) is 5.87. The Balaban J connectivity index is 3.25. The monoisotopic (exact) mass is 280 g/mol. The molecule has 6 heteroatoms. The van der Waals surface area contributed by atoms with Crippen LogP contribution in [-0.2, 0) is 4.74 Å². The molecule has 0 aliphatic heterocycles. The number of nitrogens with zero attached hydrogens (tertiary/aromatic N) is 2. The van der Waals surface area contributed by atoms with E-state index in [0.29, 0.717) is 17.8 Å². The van der Waals surface area contributed by atoms with Gasteiger partial charge in [0.05, 0.1) is 17.6 Å². The van der Waals surface area contributed by atoms with E-state index in [0.717, 1.165) is 0 Å². The largest absolute Gasteiger partial charge is 0.465 e. The van der Waals surface area contributed by atoms with Gasteiger partial charge in [-0.1, -0.05) is 20.8 Å². The Bertz CT molecular complexity index is 520. The van der Waals surface area contributed by atoms with Gasteiger partial charge in [0.1, 0.15) is 5.69 Å². The highest BCUT2D eigenvalue weighted by molar-refractivity contribution is 5.91.